The largest absolute Gasteiger partial charge is 0.456 e. The van der Waals surface area contributed by atoms with Crippen LogP contribution in [0, 0.1) is 23.7 Å². The number of hydrogen-bond acceptors (Lipinski definition) is 4. The highest BCUT2D eigenvalue weighted by Gasteiger charge is 2.62. The van der Waals surface area contributed by atoms with Crippen LogP contribution >= 0.6 is 0 Å². The van der Waals surface area contributed by atoms with Crippen molar-refractivity contribution in [2.45, 2.75) is 128 Å². The third-order valence-electron chi connectivity index (χ3n) is 24.8. The van der Waals surface area contributed by atoms with Crippen molar-refractivity contribution in [1.82, 2.24) is 0 Å². The average molecular weight is 1250 g/mol. The lowest BCUT2D eigenvalue weighted by Gasteiger charge is -2.61. The lowest BCUT2D eigenvalue weighted by molar-refractivity contribution is -0.0398. The highest BCUT2D eigenvalue weighted by molar-refractivity contribution is 6.19. The maximum atomic E-state index is 7.18. The molecular formula is C92H80N2O2. The maximum Gasteiger partial charge on any atom is 0.139 e. The highest BCUT2D eigenvalue weighted by Crippen LogP contribution is 2.72. The van der Waals surface area contributed by atoms with Crippen LogP contribution in [0.25, 0.3) is 98.8 Å². The van der Waals surface area contributed by atoms with E-state index < -0.39 is 0 Å². The Labute approximate surface area is 563 Å². The van der Waals surface area contributed by atoms with Crippen LogP contribution in [0.4, 0.5) is 34.1 Å². The molecule has 470 valence electrons. The van der Waals surface area contributed by atoms with Crippen LogP contribution < -0.4 is 9.80 Å². The molecule has 2 aromatic heterocycles. The van der Waals surface area contributed by atoms with Gasteiger partial charge < -0.3 is 18.6 Å². The first-order valence-electron chi connectivity index (χ1n) is 35.5. The predicted molar refractivity (Wildman–Crippen MR) is 401 cm³/mol. The van der Waals surface area contributed by atoms with Crippen LogP contribution in [0.1, 0.15) is 146 Å². The number of para-hydroxylation sites is 2. The van der Waals surface area contributed by atoms with Gasteiger partial charge in [-0.1, -0.05) is 215 Å². The Morgan fingerprint density at radius 3 is 1.11 bits per heavy atom. The van der Waals surface area contributed by atoms with Crippen molar-refractivity contribution < 1.29 is 8.83 Å². The second-order valence-electron chi connectivity index (χ2n) is 32.8. The summed E-state index contributed by atoms with van der Waals surface area (Å²) in [7, 11) is 0. The van der Waals surface area contributed by atoms with Gasteiger partial charge in [-0.3, -0.25) is 0 Å². The number of rotatable bonds is 6. The van der Waals surface area contributed by atoms with Crippen LogP contribution in [0.15, 0.2) is 227 Å². The molecule has 0 radical (unpaired) electrons. The lowest BCUT2D eigenvalue weighted by atomic mass is 9.43. The standard InChI is InChI=1S/C92H80N2O2/c1-88(2,3)74-31-19-27-70-66-39-35-58(48-82(66)95-86(70)74)93(56-33-37-62-60-21-15-17-29-72(60)90(7,8)76(62)46-56)80-50-78-84(68-25-13-11-23-64(68)80)85-69-26-14-12-24-65(69)81(51-79(85)92(78)54-42-52-41-53(44-54)45-55(92)43-52)94(57-34-38-63-61-22-16-18-30-73(61)91(9,10)77(63)47-57)59-36-40-67-71-28-20-32-75(89(4,5)6)87(71)96-83(67)49-59/h11-40,46-55H,41-45H2,1-10H3. The molecule has 0 amide bonds. The van der Waals surface area contributed by atoms with E-state index in [2.05, 4.69) is 297 Å². The van der Waals surface area contributed by atoms with Crippen LogP contribution in [-0.4, -0.2) is 0 Å². The molecule has 4 heteroatoms. The zero-order valence-electron chi connectivity index (χ0n) is 56.8. The van der Waals surface area contributed by atoms with Crippen LogP contribution in [0.2, 0.25) is 0 Å². The van der Waals surface area contributed by atoms with E-state index in [-0.39, 0.29) is 27.1 Å². The minimum Gasteiger partial charge on any atom is -0.456 e. The minimum atomic E-state index is -0.256. The molecule has 4 fully saturated rings. The third kappa shape index (κ3) is 7.57. The molecule has 4 saturated carbocycles. The highest BCUT2D eigenvalue weighted by atomic mass is 16.3. The molecule has 12 aromatic carbocycles. The molecule has 0 saturated heterocycles. The van der Waals surface area contributed by atoms with Crippen LogP contribution in [-0.2, 0) is 27.1 Å². The quantitative estimate of drug-likeness (QED) is 0.166. The molecule has 4 bridgehead atoms. The summed E-state index contributed by atoms with van der Waals surface area (Å²) in [5, 5.41) is 9.74. The Balaban J connectivity index is 0.861. The van der Waals surface area contributed by atoms with Crippen molar-refractivity contribution >= 4 is 99.5 Å². The summed E-state index contributed by atoms with van der Waals surface area (Å²) in [6.07, 6.45) is 6.38. The topological polar surface area (TPSA) is 32.8 Å². The fraction of sp³-hybridized carbons (Fsp3) is 0.261. The van der Waals surface area contributed by atoms with Gasteiger partial charge in [-0.05, 0) is 205 Å². The van der Waals surface area contributed by atoms with Gasteiger partial charge in [0.15, 0.2) is 0 Å². The monoisotopic (exact) mass is 1240 g/mol. The van der Waals surface area contributed by atoms with Gasteiger partial charge in [0.2, 0.25) is 0 Å². The molecule has 96 heavy (non-hydrogen) atoms. The first-order valence-corrected chi connectivity index (χ1v) is 35.5. The molecule has 0 N–H and O–H groups in total. The Morgan fingerprint density at radius 1 is 0.323 bits per heavy atom. The van der Waals surface area contributed by atoms with E-state index in [0.29, 0.717) is 11.8 Å². The molecule has 2 heterocycles. The van der Waals surface area contributed by atoms with Crippen molar-refractivity contribution in [1.29, 1.82) is 0 Å². The summed E-state index contributed by atoms with van der Waals surface area (Å²) in [4.78, 5) is 5.26. The molecule has 4 nitrogen and oxygen atoms in total. The van der Waals surface area contributed by atoms with Gasteiger partial charge in [0.25, 0.3) is 0 Å². The van der Waals surface area contributed by atoms with Gasteiger partial charge in [-0.2, -0.15) is 0 Å². The average Bonchev–Trinajstić information content (AvgIpc) is 1.47. The van der Waals surface area contributed by atoms with E-state index in [1.54, 1.807) is 0 Å². The number of fused-ring (bicyclic) bond motifs is 19. The smallest absolute Gasteiger partial charge is 0.139 e. The first kappa shape index (κ1) is 56.7. The fourth-order valence-electron chi connectivity index (χ4n) is 20.8. The van der Waals surface area contributed by atoms with Gasteiger partial charge in [0.05, 0.1) is 11.4 Å². The molecule has 7 aliphatic rings. The van der Waals surface area contributed by atoms with E-state index in [9.17, 15) is 0 Å². The number of benzene rings is 12. The molecule has 14 aromatic rings. The maximum absolute atomic E-state index is 7.18. The van der Waals surface area contributed by atoms with Crippen molar-refractivity contribution in [2.75, 3.05) is 9.80 Å². The Hall–Kier alpha value is -9.64. The second-order valence-corrected chi connectivity index (χ2v) is 32.8. The predicted octanol–water partition coefficient (Wildman–Crippen LogP) is 25.7. The number of anilines is 6. The molecular weight excluding hydrogens is 1170 g/mol. The Morgan fingerprint density at radius 2 is 0.688 bits per heavy atom. The Kier molecular flexibility index (Phi) is 11.4. The van der Waals surface area contributed by atoms with E-state index in [1.807, 2.05) is 0 Å². The van der Waals surface area contributed by atoms with Crippen LogP contribution in [0.5, 0.6) is 0 Å². The van der Waals surface area contributed by atoms with Crippen molar-refractivity contribution in [3.63, 3.8) is 0 Å². The normalized spacial score (nSPS) is 19.6. The summed E-state index contributed by atoms with van der Waals surface area (Å²) in [6.45, 7) is 23.4. The van der Waals surface area contributed by atoms with E-state index in [4.69, 9.17) is 8.83 Å². The van der Waals surface area contributed by atoms with E-state index >= 15 is 0 Å². The molecule has 0 unspecified atom stereocenters. The summed E-state index contributed by atoms with van der Waals surface area (Å²) >= 11 is 0. The molecule has 7 aliphatic carbocycles. The zero-order valence-corrected chi connectivity index (χ0v) is 56.8. The number of hydrogen-bond donors (Lipinski definition) is 0. The lowest BCUT2D eigenvalue weighted by Crippen LogP contribution is -2.55. The molecule has 1 spiro atoms. The summed E-state index contributed by atoms with van der Waals surface area (Å²) in [5.74, 6) is 2.45. The van der Waals surface area contributed by atoms with Gasteiger partial charge in [0, 0.05) is 94.6 Å². The number of furan rings is 2. The summed E-state index contributed by atoms with van der Waals surface area (Å²) in [5.41, 5.74) is 28.9. The number of nitrogens with zero attached hydrogens (tertiary/aromatic N) is 2. The minimum absolute atomic E-state index is 0.0945. The van der Waals surface area contributed by atoms with Crippen molar-refractivity contribution in [3.05, 3.63) is 263 Å². The van der Waals surface area contributed by atoms with Gasteiger partial charge in [-0.25, -0.2) is 0 Å². The fourth-order valence-corrected chi connectivity index (χ4v) is 20.8. The van der Waals surface area contributed by atoms with Crippen molar-refractivity contribution in [3.8, 4) is 33.4 Å². The third-order valence-corrected chi connectivity index (χ3v) is 24.8. The Bertz CT molecular complexity index is 5370. The molecule has 0 aliphatic heterocycles. The summed E-state index contributed by atoms with van der Waals surface area (Å²) < 4.78 is 14.4. The second kappa shape index (κ2) is 19.3. The molecule has 21 rings (SSSR count). The first-order chi connectivity index (χ1) is 46.3. The molecule has 0 atom stereocenters. The zero-order chi connectivity index (χ0) is 64.8. The summed E-state index contributed by atoms with van der Waals surface area (Å²) in [6, 6.07) is 84.8. The SMILES string of the molecule is CC(C)(C)c1cccc2c1oc1cc(N(c3ccc4c(c3)C(C)(C)c3ccccc3-4)c3cc4c(c5ccccc35)-c3c(cc(N(c5ccc6c(c5)C(C)(C)c5ccccc5-6)c5ccc6c(c5)oc5c(C(C)(C)C)cccc56)c5ccccc35)C43C4CC5CC(C4)CC3C5)ccc12. The van der Waals surface area contributed by atoms with Crippen molar-refractivity contribution in [2.24, 2.45) is 23.7 Å². The van der Waals surface area contributed by atoms with E-state index in [1.165, 1.54) is 143 Å². The van der Waals surface area contributed by atoms with E-state index in [0.717, 1.165) is 78.5 Å². The van der Waals surface area contributed by atoms with Gasteiger partial charge >= 0.3 is 0 Å². The van der Waals surface area contributed by atoms with Crippen LogP contribution in [0.3, 0.4) is 0 Å². The van der Waals surface area contributed by atoms with Gasteiger partial charge in [-0.15, -0.1) is 0 Å². The van der Waals surface area contributed by atoms with Gasteiger partial charge in [0.1, 0.15) is 22.3 Å².